The lowest BCUT2D eigenvalue weighted by Crippen LogP contribution is -2.33. The van der Waals surface area contributed by atoms with Gasteiger partial charge >= 0.3 is 5.97 Å². The Hall–Kier alpha value is -1.59. The number of benzene rings is 1. The minimum atomic E-state index is -0.950. The number of nitrogens with zero attached hydrogens (tertiary/aromatic N) is 2. The van der Waals surface area contributed by atoms with E-state index in [0.717, 1.165) is 19.6 Å². The summed E-state index contributed by atoms with van der Waals surface area (Å²) < 4.78 is 5.62. The van der Waals surface area contributed by atoms with Gasteiger partial charge in [0.1, 0.15) is 17.9 Å². The molecular weight excluding hydrogens is 256 g/mol. The molecule has 5 heteroatoms. The minimum Gasteiger partial charge on any atom is -0.491 e. The van der Waals surface area contributed by atoms with Gasteiger partial charge in [-0.1, -0.05) is 12.1 Å². The van der Waals surface area contributed by atoms with E-state index in [1.165, 1.54) is 6.42 Å². The Labute approximate surface area is 119 Å². The zero-order valence-electron chi connectivity index (χ0n) is 12.1. The van der Waals surface area contributed by atoms with E-state index in [4.69, 9.17) is 9.84 Å². The van der Waals surface area contributed by atoms with Gasteiger partial charge in [0.15, 0.2) is 0 Å². The second-order valence-corrected chi connectivity index (χ2v) is 5.36. The molecule has 1 heterocycles. The van der Waals surface area contributed by atoms with Crippen LogP contribution in [0.25, 0.3) is 0 Å². The molecule has 0 radical (unpaired) electrons. The molecule has 1 aliphatic rings. The van der Waals surface area contributed by atoms with Crippen LogP contribution in [0.15, 0.2) is 24.3 Å². The third kappa shape index (κ3) is 3.71. The van der Waals surface area contributed by atoms with Crippen LogP contribution in [0, 0.1) is 0 Å². The first kappa shape index (κ1) is 14.8. The molecule has 1 fully saturated rings. The summed E-state index contributed by atoms with van der Waals surface area (Å²) in [5.74, 6) is -0.502. The van der Waals surface area contributed by atoms with Crippen LogP contribution in [0.4, 0.5) is 0 Å². The molecule has 2 rings (SSSR count). The number of hydrogen-bond acceptors (Lipinski definition) is 4. The van der Waals surface area contributed by atoms with Gasteiger partial charge in [-0.2, -0.15) is 0 Å². The van der Waals surface area contributed by atoms with Gasteiger partial charge in [0.05, 0.1) is 0 Å². The Balaban J connectivity index is 1.81. The summed E-state index contributed by atoms with van der Waals surface area (Å²) in [5.41, 5.74) is 0.222. The molecule has 1 N–H and O–H groups in total. The van der Waals surface area contributed by atoms with E-state index in [1.54, 1.807) is 24.3 Å². The average molecular weight is 278 g/mol. The van der Waals surface area contributed by atoms with E-state index >= 15 is 0 Å². The number of rotatable bonds is 6. The van der Waals surface area contributed by atoms with Crippen molar-refractivity contribution in [3.8, 4) is 5.75 Å². The van der Waals surface area contributed by atoms with Crippen molar-refractivity contribution < 1.29 is 14.6 Å². The summed E-state index contributed by atoms with van der Waals surface area (Å²) in [4.78, 5) is 15.7. The standard InChI is InChI=1S/C15H22N2O3/c1-16(2)12-7-8-17(11-12)9-10-20-14-6-4-3-5-13(14)15(18)19/h3-6,12H,7-11H2,1-2H3,(H,18,19). The lowest BCUT2D eigenvalue weighted by atomic mass is 10.2. The topological polar surface area (TPSA) is 53.0 Å². The van der Waals surface area contributed by atoms with Crippen molar-refractivity contribution in [2.45, 2.75) is 12.5 Å². The van der Waals surface area contributed by atoms with Crippen LogP contribution in [0.5, 0.6) is 5.75 Å². The van der Waals surface area contributed by atoms with Gasteiger partial charge in [0.2, 0.25) is 0 Å². The van der Waals surface area contributed by atoms with Gasteiger partial charge in [0.25, 0.3) is 0 Å². The molecule has 0 saturated carbocycles. The number of likely N-dealkylation sites (N-methyl/N-ethyl adjacent to an activating group) is 1. The molecule has 110 valence electrons. The monoisotopic (exact) mass is 278 g/mol. The largest absolute Gasteiger partial charge is 0.491 e. The third-order valence-corrected chi connectivity index (χ3v) is 3.76. The second-order valence-electron chi connectivity index (χ2n) is 5.36. The number of carboxylic acid groups (broad SMARTS) is 1. The highest BCUT2D eigenvalue weighted by Crippen LogP contribution is 2.18. The van der Waals surface area contributed by atoms with Gasteiger partial charge in [-0.3, -0.25) is 4.90 Å². The molecule has 1 aliphatic heterocycles. The van der Waals surface area contributed by atoms with E-state index in [0.29, 0.717) is 18.4 Å². The van der Waals surface area contributed by atoms with E-state index in [2.05, 4.69) is 23.9 Å². The molecule has 0 amide bonds. The second kappa shape index (κ2) is 6.72. The van der Waals surface area contributed by atoms with Crippen molar-refractivity contribution in [1.29, 1.82) is 0 Å². The predicted octanol–water partition coefficient (Wildman–Crippen LogP) is 1.40. The molecule has 0 bridgehead atoms. The highest BCUT2D eigenvalue weighted by molar-refractivity contribution is 5.90. The number of carbonyl (C=O) groups is 1. The summed E-state index contributed by atoms with van der Waals surface area (Å²) >= 11 is 0. The molecule has 5 nitrogen and oxygen atoms in total. The summed E-state index contributed by atoms with van der Waals surface area (Å²) in [7, 11) is 4.21. The summed E-state index contributed by atoms with van der Waals surface area (Å²) in [6, 6.07) is 7.38. The van der Waals surface area contributed by atoms with E-state index < -0.39 is 5.97 Å². The van der Waals surface area contributed by atoms with Crippen LogP contribution in [0.1, 0.15) is 16.8 Å². The Bertz CT molecular complexity index is 462. The highest BCUT2D eigenvalue weighted by atomic mass is 16.5. The van der Waals surface area contributed by atoms with Crippen molar-refractivity contribution >= 4 is 5.97 Å². The fourth-order valence-corrected chi connectivity index (χ4v) is 2.49. The van der Waals surface area contributed by atoms with Crippen molar-refractivity contribution in [3.05, 3.63) is 29.8 Å². The molecule has 1 aromatic carbocycles. The van der Waals surface area contributed by atoms with Gasteiger partial charge in [0, 0.05) is 19.1 Å². The number of carboxylic acids is 1. The maximum atomic E-state index is 11.1. The summed E-state index contributed by atoms with van der Waals surface area (Å²) in [6.45, 7) is 3.48. The zero-order chi connectivity index (χ0) is 14.5. The zero-order valence-corrected chi connectivity index (χ0v) is 12.1. The van der Waals surface area contributed by atoms with Gasteiger partial charge < -0.3 is 14.7 Å². The third-order valence-electron chi connectivity index (χ3n) is 3.76. The lowest BCUT2D eigenvalue weighted by Gasteiger charge is -2.20. The Morgan fingerprint density at radius 2 is 2.20 bits per heavy atom. The molecular formula is C15H22N2O3. The fourth-order valence-electron chi connectivity index (χ4n) is 2.49. The van der Waals surface area contributed by atoms with Crippen LogP contribution in [0.2, 0.25) is 0 Å². The number of aromatic carboxylic acids is 1. The highest BCUT2D eigenvalue weighted by Gasteiger charge is 2.23. The van der Waals surface area contributed by atoms with E-state index in [9.17, 15) is 4.79 Å². The summed E-state index contributed by atoms with van der Waals surface area (Å²) in [6.07, 6.45) is 1.18. The number of likely N-dealkylation sites (tertiary alicyclic amines) is 1. The van der Waals surface area contributed by atoms with Gasteiger partial charge in [-0.05, 0) is 39.2 Å². The van der Waals surface area contributed by atoms with Crippen LogP contribution < -0.4 is 4.74 Å². The maximum absolute atomic E-state index is 11.1. The van der Waals surface area contributed by atoms with Crippen LogP contribution in [-0.4, -0.2) is 67.3 Å². The first-order chi connectivity index (χ1) is 9.58. The van der Waals surface area contributed by atoms with Crippen molar-refractivity contribution in [2.75, 3.05) is 40.3 Å². The molecule has 20 heavy (non-hydrogen) atoms. The maximum Gasteiger partial charge on any atom is 0.339 e. The van der Waals surface area contributed by atoms with Gasteiger partial charge in [-0.25, -0.2) is 4.79 Å². The first-order valence-corrected chi connectivity index (χ1v) is 6.92. The molecule has 1 aromatic rings. The Kier molecular flexibility index (Phi) is 4.98. The molecule has 0 aliphatic carbocycles. The van der Waals surface area contributed by atoms with Crippen LogP contribution >= 0.6 is 0 Å². The lowest BCUT2D eigenvalue weighted by molar-refractivity contribution is 0.0691. The number of ether oxygens (including phenoxy) is 1. The predicted molar refractivity (Wildman–Crippen MR) is 77.4 cm³/mol. The molecule has 1 unspecified atom stereocenters. The Morgan fingerprint density at radius 3 is 2.85 bits per heavy atom. The fraction of sp³-hybridized carbons (Fsp3) is 0.533. The van der Waals surface area contributed by atoms with Gasteiger partial charge in [-0.15, -0.1) is 0 Å². The quantitative estimate of drug-likeness (QED) is 0.852. The smallest absolute Gasteiger partial charge is 0.339 e. The number of hydrogen-bond donors (Lipinski definition) is 1. The summed E-state index contributed by atoms with van der Waals surface area (Å²) in [5, 5.41) is 9.08. The average Bonchev–Trinajstić information content (AvgIpc) is 2.88. The molecule has 0 spiro atoms. The first-order valence-electron chi connectivity index (χ1n) is 6.92. The van der Waals surface area contributed by atoms with E-state index in [-0.39, 0.29) is 5.56 Å². The Morgan fingerprint density at radius 1 is 1.45 bits per heavy atom. The minimum absolute atomic E-state index is 0.222. The van der Waals surface area contributed by atoms with Crippen molar-refractivity contribution in [1.82, 2.24) is 9.80 Å². The van der Waals surface area contributed by atoms with Crippen LogP contribution in [-0.2, 0) is 0 Å². The van der Waals surface area contributed by atoms with Crippen molar-refractivity contribution in [3.63, 3.8) is 0 Å². The number of para-hydroxylation sites is 1. The SMILES string of the molecule is CN(C)C1CCN(CCOc2ccccc2C(=O)O)C1. The van der Waals surface area contributed by atoms with E-state index in [1.807, 2.05) is 0 Å². The normalized spacial score (nSPS) is 19.4. The molecule has 0 aromatic heterocycles. The molecule has 1 saturated heterocycles. The van der Waals surface area contributed by atoms with Crippen molar-refractivity contribution in [2.24, 2.45) is 0 Å². The molecule has 1 atom stereocenters. The van der Waals surface area contributed by atoms with Crippen LogP contribution in [0.3, 0.4) is 0 Å².